The maximum atomic E-state index is 10.9. The summed E-state index contributed by atoms with van der Waals surface area (Å²) in [6.45, 7) is 2.49. The second-order valence-electron chi connectivity index (χ2n) is 2.50. The normalized spacial score (nSPS) is 8.93. The number of nitrogens with one attached hydrogen (secondary N) is 2. The number of rotatable bonds is 3. The summed E-state index contributed by atoms with van der Waals surface area (Å²) in [4.78, 5) is 42.9. The molecular weight excluding hydrogens is 204 g/mol. The first kappa shape index (κ1) is 13.1. The molecule has 7 nitrogen and oxygen atoms in total. The Hall–Kier alpha value is -1.92. The summed E-state index contributed by atoms with van der Waals surface area (Å²) >= 11 is 0. The largest absolute Gasteiger partial charge is 0.465 e. The molecule has 0 spiro atoms. The number of carbonyl (C=O) groups excluding carboxylic acids is 4. The molecule has 0 radical (unpaired) electrons. The molecule has 0 saturated heterocycles. The van der Waals surface area contributed by atoms with Crippen LogP contribution in [-0.4, -0.2) is 36.8 Å². The first-order valence-corrected chi connectivity index (χ1v) is 4.22. The van der Waals surface area contributed by atoms with E-state index in [1.807, 2.05) is 5.32 Å². The molecule has 0 aliphatic heterocycles. The lowest BCUT2D eigenvalue weighted by atomic mass is 10.5. The monoisotopic (exact) mass is 216 g/mol. The van der Waals surface area contributed by atoms with Crippen LogP contribution in [0.1, 0.15) is 13.8 Å². The fraction of sp³-hybridized carbons (Fsp3) is 0.500. The second-order valence-corrected chi connectivity index (χ2v) is 2.50. The van der Waals surface area contributed by atoms with Crippen molar-refractivity contribution in [2.24, 2.45) is 0 Å². The summed E-state index contributed by atoms with van der Waals surface area (Å²) in [5, 5.41) is 3.75. The van der Waals surface area contributed by atoms with Crippen molar-refractivity contribution in [2.45, 2.75) is 13.8 Å². The van der Waals surface area contributed by atoms with E-state index in [1.54, 1.807) is 12.2 Å². The molecule has 0 rings (SSSR count). The number of carbonyl (C=O) groups is 4. The fourth-order valence-corrected chi connectivity index (χ4v) is 0.661. The van der Waals surface area contributed by atoms with Crippen LogP contribution in [0.5, 0.6) is 0 Å². The summed E-state index contributed by atoms with van der Waals surface area (Å²) in [5.41, 5.74) is 0. The van der Waals surface area contributed by atoms with Crippen molar-refractivity contribution in [3.05, 3.63) is 0 Å². The third-order valence-electron chi connectivity index (χ3n) is 1.19. The smallest absolute Gasteiger partial charge is 0.325 e. The standard InChI is InChI=1S/C8H12N2O5/c1-3-15-6(12)4-9-7(13)8(14)10-5(2)11/h3-4H2,1-2H3,(H,9,13)(H,10,11,14). The molecule has 0 aromatic heterocycles. The summed E-state index contributed by atoms with van der Waals surface area (Å²) in [7, 11) is 0. The van der Waals surface area contributed by atoms with Gasteiger partial charge in [-0.2, -0.15) is 0 Å². The van der Waals surface area contributed by atoms with Crippen LogP contribution in [0.4, 0.5) is 0 Å². The van der Waals surface area contributed by atoms with Crippen molar-refractivity contribution in [3.8, 4) is 0 Å². The number of esters is 1. The van der Waals surface area contributed by atoms with E-state index in [-0.39, 0.29) is 6.61 Å². The van der Waals surface area contributed by atoms with Crippen LogP contribution >= 0.6 is 0 Å². The SMILES string of the molecule is CCOC(=O)CNC(=O)C(=O)NC(C)=O. The summed E-state index contributed by atoms with van der Waals surface area (Å²) < 4.78 is 4.50. The maximum absolute atomic E-state index is 10.9. The van der Waals surface area contributed by atoms with E-state index in [0.717, 1.165) is 6.92 Å². The molecule has 0 aliphatic rings. The Balaban J connectivity index is 3.88. The third-order valence-corrected chi connectivity index (χ3v) is 1.19. The molecule has 0 fully saturated rings. The molecule has 0 aliphatic carbocycles. The molecule has 0 unspecified atom stereocenters. The zero-order valence-electron chi connectivity index (χ0n) is 8.46. The zero-order chi connectivity index (χ0) is 11.8. The lowest BCUT2D eigenvalue weighted by molar-refractivity contribution is -0.145. The highest BCUT2D eigenvalue weighted by molar-refractivity contribution is 6.37. The summed E-state index contributed by atoms with van der Waals surface area (Å²) in [6, 6.07) is 0. The minimum Gasteiger partial charge on any atom is -0.465 e. The average molecular weight is 216 g/mol. The Bertz CT molecular complexity index is 287. The highest BCUT2D eigenvalue weighted by atomic mass is 16.5. The van der Waals surface area contributed by atoms with E-state index in [4.69, 9.17) is 0 Å². The first-order chi connectivity index (χ1) is 6.97. The molecule has 0 aromatic carbocycles. The molecule has 0 heterocycles. The molecule has 84 valence electrons. The Kier molecular flexibility index (Phi) is 5.69. The third kappa shape index (κ3) is 6.19. The Morgan fingerprint density at radius 1 is 1.13 bits per heavy atom. The van der Waals surface area contributed by atoms with E-state index < -0.39 is 30.2 Å². The van der Waals surface area contributed by atoms with Gasteiger partial charge in [0.2, 0.25) is 5.91 Å². The van der Waals surface area contributed by atoms with Gasteiger partial charge in [0, 0.05) is 6.92 Å². The topological polar surface area (TPSA) is 102 Å². The Morgan fingerprint density at radius 3 is 2.20 bits per heavy atom. The van der Waals surface area contributed by atoms with Crippen molar-refractivity contribution in [2.75, 3.05) is 13.2 Å². The molecule has 0 aromatic rings. The van der Waals surface area contributed by atoms with E-state index in [1.165, 1.54) is 0 Å². The van der Waals surface area contributed by atoms with Gasteiger partial charge in [0.1, 0.15) is 6.54 Å². The molecule has 0 atom stereocenters. The van der Waals surface area contributed by atoms with Gasteiger partial charge < -0.3 is 10.1 Å². The number of hydrogen-bond acceptors (Lipinski definition) is 5. The molecule has 0 saturated carbocycles. The Morgan fingerprint density at radius 2 is 1.73 bits per heavy atom. The highest BCUT2D eigenvalue weighted by Crippen LogP contribution is 1.76. The lowest BCUT2D eigenvalue weighted by Crippen LogP contribution is -2.43. The van der Waals surface area contributed by atoms with E-state index in [9.17, 15) is 19.2 Å². The second kappa shape index (κ2) is 6.52. The van der Waals surface area contributed by atoms with Crippen LogP contribution in [-0.2, 0) is 23.9 Å². The highest BCUT2D eigenvalue weighted by Gasteiger charge is 2.15. The lowest BCUT2D eigenvalue weighted by Gasteiger charge is -2.03. The molecule has 7 heteroatoms. The first-order valence-electron chi connectivity index (χ1n) is 4.22. The average Bonchev–Trinajstić information content (AvgIpc) is 2.13. The number of hydrogen-bond donors (Lipinski definition) is 2. The van der Waals surface area contributed by atoms with Gasteiger partial charge in [-0.25, -0.2) is 0 Å². The quantitative estimate of drug-likeness (QED) is 0.433. The van der Waals surface area contributed by atoms with Gasteiger partial charge >= 0.3 is 17.8 Å². The minimum absolute atomic E-state index is 0.189. The maximum Gasteiger partial charge on any atom is 0.325 e. The predicted molar refractivity (Wildman–Crippen MR) is 48.5 cm³/mol. The molecule has 2 N–H and O–H groups in total. The van der Waals surface area contributed by atoms with Crippen molar-refractivity contribution in [1.82, 2.24) is 10.6 Å². The van der Waals surface area contributed by atoms with E-state index >= 15 is 0 Å². The van der Waals surface area contributed by atoms with Gasteiger partial charge in [-0.1, -0.05) is 0 Å². The van der Waals surface area contributed by atoms with Crippen LogP contribution in [0.25, 0.3) is 0 Å². The molecule has 0 bridgehead atoms. The summed E-state index contributed by atoms with van der Waals surface area (Å²) in [5.74, 6) is -3.46. The number of amides is 3. The van der Waals surface area contributed by atoms with Crippen LogP contribution in [0, 0.1) is 0 Å². The summed E-state index contributed by atoms with van der Waals surface area (Å²) in [6.07, 6.45) is 0. The van der Waals surface area contributed by atoms with Crippen molar-refractivity contribution in [1.29, 1.82) is 0 Å². The van der Waals surface area contributed by atoms with Gasteiger partial charge in [-0.05, 0) is 6.92 Å². The number of ether oxygens (including phenoxy) is 1. The zero-order valence-corrected chi connectivity index (χ0v) is 8.46. The van der Waals surface area contributed by atoms with Gasteiger partial charge in [0.05, 0.1) is 6.61 Å². The van der Waals surface area contributed by atoms with Gasteiger partial charge in [0.25, 0.3) is 0 Å². The van der Waals surface area contributed by atoms with Crippen LogP contribution in [0.2, 0.25) is 0 Å². The van der Waals surface area contributed by atoms with Gasteiger partial charge in [-0.15, -0.1) is 0 Å². The van der Waals surface area contributed by atoms with Gasteiger partial charge in [0.15, 0.2) is 0 Å². The van der Waals surface area contributed by atoms with Crippen molar-refractivity contribution < 1.29 is 23.9 Å². The van der Waals surface area contributed by atoms with Crippen LogP contribution in [0.15, 0.2) is 0 Å². The van der Waals surface area contributed by atoms with E-state index in [0.29, 0.717) is 0 Å². The van der Waals surface area contributed by atoms with Crippen molar-refractivity contribution >= 4 is 23.7 Å². The fourth-order valence-electron chi connectivity index (χ4n) is 0.661. The number of imide groups is 1. The molecular formula is C8H12N2O5. The van der Waals surface area contributed by atoms with Crippen molar-refractivity contribution in [3.63, 3.8) is 0 Å². The predicted octanol–water partition coefficient (Wildman–Crippen LogP) is -1.67. The van der Waals surface area contributed by atoms with Gasteiger partial charge in [-0.3, -0.25) is 24.5 Å². The van der Waals surface area contributed by atoms with Crippen LogP contribution < -0.4 is 10.6 Å². The minimum atomic E-state index is -1.10. The molecule has 15 heavy (non-hydrogen) atoms. The molecule has 3 amide bonds. The van der Waals surface area contributed by atoms with Crippen LogP contribution in [0.3, 0.4) is 0 Å². The van der Waals surface area contributed by atoms with E-state index in [2.05, 4.69) is 4.74 Å². The Labute approximate surface area is 86.2 Å².